The Labute approximate surface area is 168 Å². The SMILES string of the molecule is C[C@H](Oc1ccc(C#N)cc1)C(=O)N1CCC(NS(=O)(=O)c2cccs2)CC1. The molecule has 0 saturated carbocycles. The van der Waals surface area contributed by atoms with E-state index in [1.54, 1.807) is 53.6 Å². The van der Waals surface area contributed by atoms with Crippen molar-refractivity contribution in [3.05, 3.63) is 47.3 Å². The molecule has 1 N–H and O–H groups in total. The van der Waals surface area contributed by atoms with Gasteiger partial charge in [0, 0.05) is 19.1 Å². The van der Waals surface area contributed by atoms with Gasteiger partial charge in [-0.25, -0.2) is 13.1 Å². The van der Waals surface area contributed by atoms with Crippen LogP contribution in [0.25, 0.3) is 0 Å². The third-order valence-electron chi connectivity index (χ3n) is 4.53. The number of hydrogen-bond acceptors (Lipinski definition) is 6. The zero-order chi connectivity index (χ0) is 20.1. The summed E-state index contributed by atoms with van der Waals surface area (Å²) >= 11 is 1.18. The molecule has 0 radical (unpaired) electrons. The number of carbonyl (C=O) groups excluding carboxylic acids is 1. The number of hydrogen-bond donors (Lipinski definition) is 1. The molecule has 28 heavy (non-hydrogen) atoms. The van der Waals surface area contributed by atoms with Crippen LogP contribution in [-0.4, -0.2) is 44.5 Å². The summed E-state index contributed by atoms with van der Waals surface area (Å²) in [6, 6.07) is 11.7. The first kappa shape index (κ1) is 20.3. The van der Waals surface area contributed by atoms with Crippen molar-refractivity contribution in [2.24, 2.45) is 0 Å². The average Bonchev–Trinajstić information content (AvgIpc) is 3.24. The predicted octanol–water partition coefficient (Wildman–Crippen LogP) is 2.36. The average molecular weight is 420 g/mol. The molecule has 7 nitrogen and oxygen atoms in total. The highest BCUT2D eigenvalue weighted by Crippen LogP contribution is 2.20. The Kier molecular flexibility index (Phi) is 6.34. The number of nitriles is 1. The summed E-state index contributed by atoms with van der Waals surface area (Å²) in [6.45, 7) is 2.63. The van der Waals surface area contributed by atoms with Crippen LogP contribution in [0.3, 0.4) is 0 Å². The molecule has 0 unspecified atom stereocenters. The van der Waals surface area contributed by atoms with Crippen molar-refractivity contribution in [2.45, 2.75) is 36.1 Å². The fraction of sp³-hybridized carbons (Fsp3) is 0.368. The van der Waals surface area contributed by atoms with Gasteiger partial charge in [0.2, 0.25) is 10.0 Å². The third-order valence-corrected chi connectivity index (χ3v) is 7.45. The Bertz CT molecular complexity index is 942. The van der Waals surface area contributed by atoms with Gasteiger partial charge in [0.1, 0.15) is 9.96 Å². The van der Waals surface area contributed by atoms with Crippen LogP contribution < -0.4 is 9.46 Å². The quantitative estimate of drug-likeness (QED) is 0.775. The molecule has 0 spiro atoms. The monoisotopic (exact) mass is 419 g/mol. The first-order chi connectivity index (χ1) is 13.4. The van der Waals surface area contributed by atoms with E-state index in [0.29, 0.717) is 41.5 Å². The van der Waals surface area contributed by atoms with Gasteiger partial charge in [0.05, 0.1) is 11.6 Å². The van der Waals surface area contributed by atoms with Crippen molar-refractivity contribution in [2.75, 3.05) is 13.1 Å². The molecular weight excluding hydrogens is 398 g/mol. The van der Waals surface area contributed by atoms with E-state index < -0.39 is 16.1 Å². The lowest BCUT2D eigenvalue weighted by Gasteiger charge is -2.33. The minimum absolute atomic E-state index is 0.135. The number of amides is 1. The molecule has 148 valence electrons. The van der Waals surface area contributed by atoms with E-state index in [-0.39, 0.29) is 11.9 Å². The molecular formula is C19H21N3O4S2. The Morgan fingerprint density at radius 1 is 1.29 bits per heavy atom. The summed E-state index contributed by atoms with van der Waals surface area (Å²) in [5, 5.41) is 10.5. The van der Waals surface area contributed by atoms with Crippen molar-refractivity contribution in [1.82, 2.24) is 9.62 Å². The van der Waals surface area contributed by atoms with Crippen LogP contribution in [0.1, 0.15) is 25.3 Å². The number of sulfonamides is 1. The lowest BCUT2D eigenvalue weighted by molar-refractivity contribution is -0.139. The van der Waals surface area contributed by atoms with Crippen molar-refractivity contribution < 1.29 is 17.9 Å². The maximum Gasteiger partial charge on any atom is 0.263 e. The number of ether oxygens (including phenoxy) is 1. The molecule has 1 aliphatic heterocycles. The fourth-order valence-corrected chi connectivity index (χ4v) is 5.35. The van der Waals surface area contributed by atoms with Crippen LogP contribution in [0.4, 0.5) is 0 Å². The molecule has 9 heteroatoms. The summed E-state index contributed by atoms with van der Waals surface area (Å²) in [7, 11) is -3.50. The number of thiophene rings is 1. The first-order valence-electron chi connectivity index (χ1n) is 8.90. The van der Waals surface area contributed by atoms with Gasteiger partial charge in [-0.05, 0) is 55.5 Å². The highest BCUT2D eigenvalue weighted by Gasteiger charge is 2.29. The first-order valence-corrected chi connectivity index (χ1v) is 11.3. The van der Waals surface area contributed by atoms with E-state index in [4.69, 9.17) is 10.00 Å². The molecule has 1 aromatic heterocycles. The van der Waals surface area contributed by atoms with Crippen molar-refractivity contribution in [1.29, 1.82) is 5.26 Å². The molecule has 0 bridgehead atoms. The summed E-state index contributed by atoms with van der Waals surface area (Å²) < 4.78 is 33.3. The van der Waals surface area contributed by atoms with Gasteiger partial charge in [0.25, 0.3) is 5.91 Å². The highest BCUT2D eigenvalue weighted by molar-refractivity contribution is 7.91. The van der Waals surface area contributed by atoms with Crippen molar-refractivity contribution in [3.8, 4) is 11.8 Å². The largest absolute Gasteiger partial charge is 0.481 e. The van der Waals surface area contributed by atoms with E-state index in [1.165, 1.54) is 11.3 Å². The van der Waals surface area contributed by atoms with Crippen molar-refractivity contribution in [3.63, 3.8) is 0 Å². The number of rotatable bonds is 6. The van der Waals surface area contributed by atoms with Gasteiger partial charge in [-0.1, -0.05) is 6.07 Å². The van der Waals surface area contributed by atoms with E-state index >= 15 is 0 Å². The molecule has 2 aromatic rings. The summed E-state index contributed by atoms with van der Waals surface area (Å²) in [5.74, 6) is 0.391. The topological polar surface area (TPSA) is 99.5 Å². The number of nitrogens with one attached hydrogen (secondary N) is 1. The zero-order valence-corrected chi connectivity index (χ0v) is 17.0. The molecule has 3 rings (SSSR count). The lowest BCUT2D eigenvalue weighted by atomic mass is 10.1. The second-order valence-corrected chi connectivity index (χ2v) is 9.44. The van der Waals surface area contributed by atoms with Gasteiger partial charge in [0.15, 0.2) is 6.10 Å². The molecule has 1 aromatic carbocycles. The smallest absolute Gasteiger partial charge is 0.263 e. The van der Waals surface area contributed by atoms with E-state index in [0.717, 1.165) is 0 Å². The summed E-state index contributed by atoms with van der Waals surface area (Å²) in [5.41, 5.74) is 0.526. The van der Waals surface area contributed by atoms with E-state index in [9.17, 15) is 13.2 Å². The number of piperidine rings is 1. The van der Waals surface area contributed by atoms with Crippen LogP contribution in [0, 0.1) is 11.3 Å². The predicted molar refractivity (Wildman–Crippen MR) is 105 cm³/mol. The van der Waals surface area contributed by atoms with Crippen LogP contribution in [0.2, 0.25) is 0 Å². The molecule has 1 atom stereocenters. The molecule has 1 saturated heterocycles. The standard InChI is InChI=1S/C19H21N3O4S2/c1-14(26-17-6-4-15(13-20)5-7-17)19(23)22-10-8-16(9-11-22)21-28(24,25)18-3-2-12-27-18/h2-7,12,14,16,21H,8-11H2,1H3/t14-/m0/s1. The maximum atomic E-state index is 12.6. The molecule has 2 heterocycles. The number of nitrogens with zero attached hydrogens (tertiary/aromatic N) is 2. The zero-order valence-electron chi connectivity index (χ0n) is 15.4. The Balaban J connectivity index is 1.51. The van der Waals surface area contributed by atoms with Crippen molar-refractivity contribution >= 4 is 27.3 Å². The van der Waals surface area contributed by atoms with Gasteiger partial charge in [-0.3, -0.25) is 4.79 Å². The molecule has 1 amide bonds. The van der Waals surface area contributed by atoms with Crippen LogP contribution in [0.15, 0.2) is 46.0 Å². The second kappa shape index (κ2) is 8.73. The fourth-order valence-electron chi connectivity index (χ4n) is 3.03. The lowest BCUT2D eigenvalue weighted by Crippen LogP contribution is -2.49. The summed E-state index contributed by atoms with van der Waals surface area (Å²) in [6.07, 6.45) is 0.451. The van der Waals surface area contributed by atoms with E-state index in [1.807, 2.05) is 6.07 Å². The minimum atomic E-state index is -3.50. The molecule has 1 fully saturated rings. The van der Waals surface area contributed by atoms with E-state index in [2.05, 4.69) is 4.72 Å². The second-order valence-electron chi connectivity index (χ2n) is 6.55. The Hall–Kier alpha value is -2.41. The van der Waals surface area contributed by atoms with Gasteiger partial charge < -0.3 is 9.64 Å². The number of benzene rings is 1. The molecule has 0 aliphatic carbocycles. The summed E-state index contributed by atoms with van der Waals surface area (Å²) in [4.78, 5) is 14.3. The van der Waals surface area contributed by atoms with Gasteiger partial charge in [-0.2, -0.15) is 5.26 Å². The van der Waals surface area contributed by atoms with Gasteiger partial charge in [-0.15, -0.1) is 11.3 Å². The molecule has 1 aliphatic rings. The Morgan fingerprint density at radius 3 is 2.54 bits per heavy atom. The van der Waals surface area contributed by atoms with Crippen LogP contribution in [-0.2, 0) is 14.8 Å². The third kappa shape index (κ3) is 4.90. The van der Waals surface area contributed by atoms with Crippen LogP contribution >= 0.6 is 11.3 Å². The highest BCUT2D eigenvalue weighted by atomic mass is 32.2. The van der Waals surface area contributed by atoms with Crippen LogP contribution in [0.5, 0.6) is 5.75 Å². The number of likely N-dealkylation sites (tertiary alicyclic amines) is 1. The Morgan fingerprint density at radius 2 is 1.96 bits per heavy atom. The van der Waals surface area contributed by atoms with Gasteiger partial charge >= 0.3 is 0 Å². The minimum Gasteiger partial charge on any atom is -0.481 e. The maximum absolute atomic E-state index is 12.6. The normalized spacial score (nSPS) is 16.4. The number of carbonyl (C=O) groups is 1.